The van der Waals surface area contributed by atoms with Crippen LogP contribution in [0.25, 0.3) is 0 Å². The number of hydrogen-bond donors (Lipinski definition) is 0. The highest BCUT2D eigenvalue weighted by molar-refractivity contribution is 5.03. The van der Waals surface area contributed by atoms with E-state index >= 15 is 0 Å². The van der Waals surface area contributed by atoms with Crippen LogP contribution in [0.3, 0.4) is 0 Å². The molecule has 3 unspecified atom stereocenters. The lowest BCUT2D eigenvalue weighted by atomic mass is 9.83. The van der Waals surface area contributed by atoms with Crippen molar-refractivity contribution in [3.63, 3.8) is 0 Å². The van der Waals surface area contributed by atoms with Crippen LogP contribution in [0.15, 0.2) is 0 Å². The first-order valence-corrected chi connectivity index (χ1v) is 7.21. The molecule has 1 fully saturated rings. The quantitative estimate of drug-likeness (QED) is 0.469. The smallest absolute Gasteiger partial charge is 0.0243 e. The molecular formula is C15H30. The molecule has 0 aromatic rings. The molecule has 0 saturated heterocycles. The van der Waals surface area contributed by atoms with Crippen molar-refractivity contribution in [2.45, 2.75) is 79.1 Å². The lowest BCUT2D eigenvalue weighted by Crippen LogP contribution is -2.13. The minimum atomic E-state index is 0.765. The van der Waals surface area contributed by atoms with Gasteiger partial charge in [0.2, 0.25) is 0 Å². The Morgan fingerprint density at radius 1 is 1.13 bits per heavy atom. The van der Waals surface area contributed by atoms with Crippen LogP contribution in [-0.4, -0.2) is 0 Å². The van der Waals surface area contributed by atoms with Crippen molar-refractivity contribution in [3.8, 4) is 0 Å². The molecule has 0 radical (unpaired) electrons. The standard InChI is InChI=1S/C15H30/c1-5-8-9-10-11-14-12-15(14,7-3)13(4)6-2/h13-14H,5-12H2,1-4H3. The van der Waals surface area contributed by atoms with E-state index in [0.29, 0.717) is 0 Å². The summed E-state index contributed by atoms with van der Waals surface area (Å²) < 4.78 is 0. The van der Waals surface area contributed by atoms with E-state index < -0.39 is 0 Å². The monoisotopic (exact) mass is 210 g/mol. The van der Waals surface area contributed by atoms with E-state index in [0.717, 1.165) is 17.3 Å². The maximum Gasteiger partial charge on any atom is -0.0243 e. The lowest BCUT2D eigenvalue weighted by molar-refractivity contribution is 0.275. The van der Waals surface area contributed by atoms with E-state index in [1.807, 2.05) is 0 Å². The van der Waals surface area contributed by atoms with Gasteiger partial charge in [-0.05, 0) is 36.5 Å². The van der Waals surface area contributed by atoms with Gasteiger partial charge in [0.05, 0.1) is 0 Å². The highest BCUT2D eigenvalue weighted by Crippen LogP contribution is 2.62. The molecule has 15 heavy (non-hydrogen) atoms. The van der Waals surface area contributed by atoms with Crippen LogP contribution >= 0.6 is 0 Å². The van der Waals surface area contributed by atoms with Crippen molar-refractivity contribution < 1.29 is 0 Å². The molecule has 0 heteroatoms. The van der Waals surface area contributed by atoms with Crippen molar-refractivity contribution >= 4 is 0 Å². The fraction of sp³-hybridized carbons (Fsp3) is 1.00. The molecular weight excluding hydrogens is 180 g/mol. The van der Waals surface area contributed by atoms with Gasteiger partial charge in [0.25, 0.3) is 0 Å². The predicted molar refractivity (Wildman–Crippen MR) is 69.0 cm³/mol. The van der Waals surface area contributed by atoms with E-state index in [4.69, 9.17) is 0 Å². The zero-order valence-corrected chi connectivity index (χ0v) is 11.3. The Bertz CT molecular complexity index is 173. The van der Waals surface area contributed by atoms with Crippen molar-refractivity contribution in [2.75, 3.05) is 0 Å². The second-order valence-corrected chi connectivity index (χ2v) is 5.65. The second-order valence-electron chi connectivity index (χ2n) is 5.65. The van der Waals surface area contributed by atoms with Crippen molar-refractivity contribution in [1.29, 1.82) is 0 Å². The van der Waals surface area contributed by atoms with Gasteiger partial charge < -0.3 is 0 Å². The number of unbranched alkanes of at least 4 members (excludes halogenated alkanes) is 3. The van der Waals surface area contributed by atoms with E-state index in [2.05, 4.69) is 27.7 Å². The van der Waals surface area contributed by atoms with Crippen LogP contribution in [0, 0.1) is 17.3 Å². The minimum Gasteiger partial charge on any atom is -0.0654 e. The molecule has 0 spiro atoms. The summed E-state index contributed by atoms with van der Waals surface area (Å²) in [5.41, 5.74) is 0.765. The average Bonchev–Trinajstić information content (AvgIpc) is 2.98. The van der Waals surface area contributed by atoms with Gasteiger partial charge in [-0.1, -0.05) is 59.8 Å². The van der Waals surface area contributed by atoms with E-state index in [1.165, 1.54) is 51.4 Å². The zero-order valence-electron chi connectivity index (χ0n) is 11.3. The van der Waals surface area contributed by atoms with Gasteiger partial charge in [-0.15, -0.1) is 0 Å². The van der Waals surface area contributed by atoms with E-state index in [9.17, 15) is 0 Å². The number of rotatable bonds is 8. The largest absolute Gasteiger partial charge is 0.0654 e. The summed E-state index contributed by atoms with van der Waals surface area (Å²) in [6, 6.07) is 0. The summed E-state index contributed by atoms with van der Waals surface area (Å²) in [5, 5.41) is 0. The first-order valence-electron chi connectivity index (χ1n) is 7.21. The average molecular weight is 210 g/mol. The maximum absolute atomic E-state index is 2.47. The SMILES string of the molecule is CCCCCCC1CC1(CC)C(C)CC. The minimum absolute atomic E-state index is 0.765. The summed E-state index contributed by atoms with van der Waals surface area (Å²) in [6.07, 6.45) is 11.6. The first-order chi connectivity index (χ1) is 7.21. The van der Waals surface area contributed by atoms with Crippen LogP contribution in [-0.2, 0) is 0 Å². The Labute approximate surface area is 96.8 Å². The summed E-state index contributed by atoms with van der Waals surface area (Å²) in [4.78, 5) is 0. The van der Waals surface area contributed by atoms with E-state index in [1.54, 1.807) is 0 Å². The van der Waals surface area contributed by atoms with Gasteiger partial charge in [-0.25, -0.2) is 0 Å². The van der Waals surface area contributed by atoms with Crippen molar-refractivity contribution in [3.05, 3.63) is 0 Å². The molecule has 0 heterocycles. The van der Waals surface area contributed by atoms with Gasteiger partial charge in [0, 0.05) is 0 Å². The third-order valence-corrected chi connectivity index (χ3v) is 4.94. The molecule has 0 bridgehead atoms. The predicted octanol–water partition coefficient (Wildman–Crippen LogP) is 5.42. The molecule has 1 saturated carbocycles. The summed E-state index contributed by atoms with van der Waals surface area (Å²) >= 11 is 0. The Hall–Kier alpha value is 0. The van der Waals surface area contributed by atoms with Crippen molar-refractivity contribution in [1.82, 2.24) is 0 Å². The summed E-state index contributed by atoms with van der Waals surface area (Å²) in [6.45, 7) is 9.52. The molecule has 0 amide bonds. The molecule has 0 aliphatic heterocycles. The molecule has 3 atom stereocenters. The van der Waals surface area contributed by atoms with Gasteiger partial charge in [0.1, 0.15) is 0 Å². The van der Waals surface area contributed by atoms with Crippen LogP contribution in [0.4, 0.5) is 0 Å². The van der Waals surface area contributed by atoms with Crippen LogP contribution < -0.4 is 0 Å². The molecule has 90 valence electrons. The molecule has 0 aromatic carbocycles. The van der Waals surface area contributed by atoms with Crippen LogP contribution in [0.1, 0.15) is 79.1 Å². The van der Waals surface area contributed by atoms with Gasteiger partial charge >= 0.3 is 0 Å². The molecule has 1 aliphatic rings. The zero-order chi connectivity index (χ0) is 11.3. The maximum atomic E-state index is 2.47. The van der Waals surface area contributed by atoms with E-state index in [-0.39, 0.29) is 0 Å². The van der Waals surface area contributed by atoms with Gasteiger partial charge in [0.15, 0.2) is 0 Å². The van der Waals surface area contributed by atoms with Gasteiger partial charge in [-0.3, -0.25) is 0 Å². The molecule has 0 nitrogen and oxygen atoms in total. The topological polar surface area (TPSA) is 0 Å². The Kier molecular flexibility index (Phi) is 5.15. The molecule has 1 aliphatic carbocycles. The Balaban J connectivity index is 2.23. The van der Waals surface area contributed by atoms with Crippen molar-refractivity contribution in [2.24, 2.45) is 17.3 Å². The Morgan fingerprint density at radius 3 is 2.40 bits per heavy atom. The van der Waals surface area contributed by atoms with Crippen LogP contribution in [0.2, 0.25) is 0 Å². The summed E-state index contributed by atoms with van der Waals surface area (Å²) in [5.74, 6) is 2.04. The van der Waals surface area contributed by atoms with Crippen LogP contribution in [0.5, 0.6) is 0 Å². The molecule has 0 N–H and O–H groups in total. The second kappa shape index (κ2) is 5.92. The summed E-state index contributed by atoms with van der Waals surface area (Å²) in [7, 11) is 0. The molecule has 1 rings (SSSR count). The third kappa shape index (κ3) is 2.98. The highest BCUT2D eigenvalue weighted by Gasteiger charge is 2.54. The fourth-order valence-electron chi connectivity index (χ4n) is 3.40. The normalized spacial score (nSPS) is 31.6. The highest BCUT2D eigenvalue weighted by atomic mass is 14.6. The lowest BCUT2D eigenvalue weighted by Gasteiger charge is -2.22. The fourth-order valence-corrected chi connectivity index (χ4v) is 3.40. The first kappa shape index (κ1) is 13.1. The number of hydrogen-bond acceptors (Lipinski definition) is 0. The molecule has 0 aromatic heterocycles. The third-order valence-electron chi connectivity index (χ3n) is 4.94. The Morgan fingerprint density at radius 2 is 1.87 bits per heavy atom. The van der Waals surface area contributed by atoms with Gasteiger partial charge in [-0.2, -0.15) is 0 Å².